The van der Waals surface area contributed by atoms with Crippen molar-refractivity contribution < 1.29 is 23.0 Å². The van der Waals surface area contributed by atoms with Crippen molar-refractivity contribution in [3.63, 3.8) is 0 Å². The van der Waals surface area contributed by atoms with Crippen LogP contribution in [0.5, 0.6) is 0 Å². The Morgan fingerprint density at radius 2 is 1.45 bits per heavy atom. The van der Waals surface area contributed by atoms with E-state index in [1.54, 1.807) is 0 Å². The molecule has 2 heteroatoms. The molecule has 4 aromatic rings. The Bertz CT molecular complexity index is 824. The molecule has 0 unspecified atom stereocenters. The Morgan fingerprint density at radius 3 is 2.14 bits per heavy atom. The molecule has 4 rings (SSSR count). The van der Waals surface area contributed by atoms with Gasteiger partial charge < -0.3 is 0 Å². The van der Waals surface area contributed by atoms with E-state index in [1.807, 2.05) is 0 Å². The zero-order valence-electron chi connectivity index (χ0n) is 12.9. The summed E-state index contributed by atoms with van der Waals surface area (Å²) in [5.74, 6) is 0. The van der Waals surface area contributed by atoms with Gasteiger partial charge in [0, 0.05) is 0 Å². The van der Waals surface area contributed by atoms with Gasteiger partial charge in [-0.2, -0.15) is 23.1 Å². The summed E-state index contributed by atoms with van der Waals surface area (Å²) in [5.41, 5.74) is 2.81. The molecule has 0 saturated heterocycles. The van der Waals surface area contributed by atoms with Gasteiger partial charge in [-0.25, -0.2) is 0 Å². The second kappa shape index (κ2) is 8.40. The Balaban J connectivity index is 0.000000146. The number of rotatable bonds is 0. The van der Waals surface area contributed by atoms with Gasteiger partial charge in [0.05, 0.1) is 0 Å². The van der Waals surface area contributed by atoms with Crippen molar-refractivity contribution in [3.05, 3.63) is 83.9 Å². The van der Waals surface area contributed by atoms with Crippen LogP contribution in [0.25, 0.3) is 21.5 Å². The maximum Gasteiger partial charge on any atom is -0.0809 e. The van der Waals surface area contributed by atoms with Gasteiger partial charge in [0.15, 0.2) is 0 Å². The van der Waals surface area contributed by atoms with E-state index < -0.39 is 0 Å². The molecular formula is C20H18HfSi. The predicted molar refractivity (Wildman–Crippen MR) is 94.3 cm³/mol. The molecule has 0 nitrogen and oxygen atoms in total. The second-order valence-electron chi connectivity index (χ2n) is 5.19. The quantitative estimate of drug-likeness (QED) is 0.243. The largest absolute Gasteiger partial charge is 0.168 e. The first-order valence-electron chi connectivity index (χ1n) is 7.23. The number of aryl methyl sites for hydroxylation is 2. The summed E-state index contributed by atoms with van der Waals surface area (Å²) in [6.45, 7) is 7.45. The van der Waals surface area contributed by atoms with Crippen LogP contribution in [0.15, 0.2) is 72.8 Å². The van der Waals surface area contributed by atoms with Crippen molar-refractivity contribution in [2.75, 3.05) is 0 Å². The van der Waals surface area contributed by atoms with Gasteiger partial charge >= 0.3 is 29.9 Å². The van der Waals surface area contributed by atoms with Gasteiger partial charge in [-0.3, -0.25) is 0 Å². The fraction of sp³-hybridized carbons (Fsp3) is 0.100. The Morgan fingerprint density at radius 1 is 0.818 bits per heavy atom. The smallest absolute Gasteiger partial charge is 0.0809 e. The van der Waals surface area contributed by atoms with Crippen molar-refractivity contribution in [1.29, 1.82) is 0 Å². The SMILES string of the molecule is Cc1[cH-]c2ccccc2c1C.[Si]=[Hf+2].c1ccc2[cH-]ccc2c1. The molecule has 2 radical (unpaired) electrons. The number of fused-ring (bicyclic) bond motifs is 2. The van der Waals surface area contributed by atoms with Crippen LogP contribution in [0.3, 0.4) is 0 Å². The van der Waals surface area contributed by atoms with Gasteiger partial charge in [-0.05, 0) is 0 Å². The molecule has 4 aromatic carbocycles. The van der Waals surface area contributed by atoms with Crippen molar-refractivity contribution >= 4 is 28.5 Å². The minimum Gasteiger partial charge on any atom is -0.168 e. The summed E-state index contributed by atoms with van der Waals surface area (Å²) in [6.07, 6.45) is 0. The molecule has 0 aliphatic heterocycles. The van der Waals surface area contributed by atoms with Crippen LogP contribution < -0.4 is 0 Å². The molecule has 0 saturated carbocycles. The Kier molecular flexibility index (Phi) is 6.53. The van der Waals surface area contributed by atoms with Crippen LogP contribution in [0.4, 0.5) is 0 Å². The molecule has 106 valence electrons. The van der Waals surface area contributed by atoms with Crippen LogP contribution >= 0.6 is 0 Å². The van der Waals surface area contributed by atoms with Crippen LogP contribution in [-0.2, 0) is 23.0 Å². The monoisotopic (exact) mass is 466 g/mol. The first kappa shape index (κ1) is 17.1. The zero-order chi connectivity index (χ0) is 15.9. The second-order valence-corrected chi connectivity index (χ2v) is 5.19. The van der Waals surface area contributed by atoms with Crippen LogP contribution in [0.1, 0.15) is 11.1 Å². The maximum atomic E-state index is 3.11. The Hall–Kier alpha value is -1.25. The summed E-state index contributed by atoms with van der Waals surface area (Å²) in [4.78, 5) is 0. The normalized spacial score (nSPS) is 9.82. The van der Waals surface area contributed by atoms with Crippen LogP contribution in [-0.4, -0.2) is 6.94 Å². The molecule has 22 heavy (non-hydrogen) atoms. The van der Waals surface area contributed by atoms with Crippen LogP contribution in [0, 0.1) is 13.8 Å². The molecule has 0 spiro atoms. The topological polar surface area (TPSA) is 0 Å². The summed E-state index contributed by atoms with van der Waals surface area (Å²) in [7, 11) is 0. The van der Waals surface area contributed by atoms with Crippen LogP contribution in [0.2, 0.25) is 0 Å². The Labute approximate surface area is 148 Å². The summed E-state index contributed by atoms with van der Waals surface area (Å²) in [5, 5.41) is 5.42. The van der Waals surface area contributed by atoms with E-state index in [4.69, 9.17) is 0 Å². The van der Waals surface area contributed by atoms with Gasteiger partial charge in [-0.15, -0.1) is 70.3 Å². The number of hydrogen-bond donors (Lipinski definition) is 0. The fourth-order valence-electron chi connectivity index (χ4n) is 2.59. The average molecular weight is 465 g/mol. The van der Waals surface area contributed by atoms with E-state index >= 15 is 0 Å². The average Bonchev–Trinajstić information content (AvgIpc) is 3.16. The van der Waals surface area contributed by atoms with E-state index in [-0.39, 0.29) is 0 Å². The summed E-state index contributed by atoms with van der Waals surface area (Å²) >= 11 is 1.11. The molecule has 0 aliphatic carbocycles. The maximum absolute atomic E-state index is 3.11. The number of hydrogen-bond acceptors (Lipinski definition) is 0. The van der Waals surface area contributed by atoms with Crippen molar-refractivity contribution in [2.24, 2.45) is 0 Å². The van der Waals surface area contributed by atoms with Crippen molar-refractivity contribution in [1.82, 2.24) is 0 Å². The van der Waals surface area contributed by atoms with Gasteiger partial charge in [0.1, 0.15) is 0 Å². The predicted octanol–water partition coefficient (Wildman–Crippen LogP) is 5.35. The molecular weight excluding hydrogens is 447 g/mol. The minimum atomic E-state index is 1.11. The third kappa shape index (κ3) is 3.93. The fourth-order valence-corrected chi connectivity index (χ4v) is 2.59. The third-order valence-corrected chi connectivity index (χ3v) is 3.88. The van der Waals surface area contributed by atoms with Gasteiger partial charge in [-0.1, -0.05) is 26.0 Å². The standard InChI is InChI=1S/C11H11.C9H7.Hf.Si/c1-8-7-10-5-3-4-6-11(10)9(8)2;1-2-5-9-7-3-6-8(9)4-1;;/h3-7H,1-2H3;1-7H;;/q2*-1;+2;. The summed E-state index contributed by atoms with van der Waals surface area (Å²) < 4.78 is 0. The van der Waals surface area contributed by atoms with E-state index in [2.05, 4.69) is 93.6 Å². The third-order valence-electron chi connectivity index (χ3n) is 3.88. The van der Waals surface area contributed by atoms with Crippen molar-refractivity contribution in [2.45, 2.75) is 13.8 Å². The molecule has 0 fully saturated rings. The van der Waals surface area contributed by atoms with E-state index in [1.165, 1.54) is 32.7 Å². The molecule has 0 bridgehead atoms. The first-order valence-corrected chi connectivity index (χ1v) is 13.1. The first-order chi connectivity index (χ1) is 10.8. The minimum absolute atomic E-state index is 1.11. The molecule has 0 atom stereocenters. The molecule has 0 amide bonds. The number of benzene rings is 2. The van der Waals surface area contributed by atoms with E-state index in [9.17, 15) is 0 Å². The molecule has 0 heterocycles. The van der Waals surface area contributed by atoms with Crippen molar-refractivity contribution in [3.8, 4) is 0 Å². The molecule has 0 aromatic heterocycles. The van der Waals surface area contributed by atoms with E-state index in [0.717, 1.165) is 23.0 Å². The summed E-state index contributed by atoms with van der Waals surface area (Å²) in [6, 6.07) is 25.4. The van der Waals surface area contributed by atoms with E-state index in [0.29, 0.717) is 0 Å². The van der Waals surface area contributed by atoms with Gasteiger partial charge in [0.2, 0.25) is 0 Å². The van der Waals surface area contributed by atoms with Gasteiger partial charge in [0.25, 0.3) is 0 Å². The molecule has 0 N–H and O–H groups in total. The zero-order valence-corrected chi connectivity index (χ0v) is 17.5. The molecule has 0 aliphatic rings.